The van der Waals surface area contributed by atoms with Gasteiger partial charge in [0.05, 0.1) is 10.8 Å². The summed E-state index contributed by atoms with van der Waals surface area (Å²) in [5, 5.41) is 0. The normalized spacial score (nSPS) is 5.14. The number of hydrogen-bond acceptors (Lipinski definition) is 3. The quantitative estimate of drug-likeness (QED) is 0.444. The van der Waals surface area contributed by atoms with Gasteiger partial charge in [-0.2, -0.15) is 0 Å². The fourth-order valence-electron chi connectivity index (χ4n) is 0. The standard InChI is InChI=1S/ClO3.ClH.O.Ta/c2-1(3)4;;;/h;1H;;/q-1;;-2;/p-1. The van der Waals surface area contributed by atoms with Crippen LogP contribution >= 0.6 is 0 Å². The summed E-state index contributed by atoms with van der Waals surface area (Å²) >= 11 is 0. The molecule has 4 nitrogen and oxygen atoms in total. The van der Waals surface area contributed by atoms with E-state index in [1.807, 2.05) is 0 Å². The third kappa shape index (κ3) is 142. The van der Waals surface area contributed by atoms with E-state index in [4.69, 9.17) is 14.0 Å². The van der Waals surface area contributed by atoms with Crippen LogP contribution in [-0.4, -0.2) is 0 Å². The molecule has 0 spiro atoms. The van der Waals surface area contributed by atoms with Gasteiger partial charge in [-0.1, -0.05) is 0 Å². The van der Waals surface area contributed by atoms with Crippen molar-refractivity contribution in [2.75, 3.05) is 0 Å². The third-order valence-electron chi connectivity index (χ3n) is 0. The second-order valence-corrected chi connectivity index (χ2v) is 0.567. The Morgan fingerprint density at radius 3 is 1.00 bits per heavy atom. The molecule has 7 heteroatoms. The van der Waals surface area contributed by atoms with Gasteiger partial charge in [0.2, 0.25) is 0 Å². The van der Waals surface area contributed by atoms with Crippen LogP contribution in [0.25, 0.3) is 0 Å². The van der Waals surface area contributed by atoms with Gasteiger partial charge in [0.25, 0.3) is 0 Å². The smallest absolute Gasteiger partial charge is 0.0695 e. The van der Waals surface area contributed by atoms with Crippen molar-refractivity contribution < 1.29 is 65.0 Å². The van der Waals surface area contributed by atoms with Gasteiger partial charge in [-0.15, -0.1) is 0 Å². The second kappa shape index (κ2) is 15.7. The minimum atomic E-state index is -2.85. The largest absolute Gasteiger partial charge is 2.00 e. The molecule has 0 fully saturated rings. The third-order valence-corrected chi connectivity index (χ3v) is 0. The molecule has 0 atom stereocenters. The van der Waals surface area contributed by atoms with E-state index >= 15 is 0 Å². The van der Waals surface area contributed by atoms with E-state index in [2.05, 4.69) is 0 Å². The van der Waals surface area contributed by atoms with Crippen LogP contribution in [0.2, 0.25) is 0 Å². The minimum Gasteiger partial charge on any atom is -2.00 e. The number of hydrogen-bond donors (Lipinski definition) is 0. The van der Waals surface area contributed by atoms with E-state index in [0.717, 1.165) is 0 Å². The summed E-state index contributed by atoms with van der Waals surface area (Å²) in [6, 6.07) is 0. The predicted molar refractivity (Wildman–Crippen MR) is 0.686 cm³/mol. The van der Waals surface area contributed by atoms with Crippen molar-refractivity contribution in [3.05, 3.63) is 0 Å². The van der Waals surface area contributed by atoms with Gasteiger partial charge in [0.1, 0.15) is 0 Å². The number of rotatable bonds is 0. The zero-order valence-electron chi connectivity index (χ0n) is 2.84. The van der Waals surface area contributed by atoms with Crippen molar-refractivity contribution in [1.29, 1.82) is 0 Å². The average molecular weight is 316 g/mol. The Bertz CT molecular complexity index is 14.4. The maximum Gasteiger partial charge on any atom is 0.0695 e. The maximum atomic E-state index is 8.41. The first-order chi connectivity index (χ1) is 1.73. The second-order valence-electron chi connectivity index (χ2n) is 0.189. The van der Waals surface area contributed by atoms with E-state index < -0.39 is 10.8 Å². The van der Waals surface area contributed by atoms with Crippen molar-refractivity contribution in [3.8, 4) is 0 Å². The van der Waals surface area contributed by atoms with Crippen molar-refractivity contribution in [3.63, 3.8) is 0 Å². The van der Waals surface area contributed by atoms with Crippen LogP contribution in [0.1, 0.15) is 0 Å². The average Bonchev–Trinajstić information content (AvgIpc) is 0.811. The molecule has 0 heterocycles. The van der Waals surface area contributed by atoms with Crippen molar-refractivity contribution >= 4 is 0 Å². The molecule has 0 aromatic rings. The molecule has 47 valence electrons. The van der Waals surface area contributed by atoms with Gasteiger partial charge in [-0.25, -0.2) is 0 Å². The molecular weight excluding hydrogens is 316 g/mol. The molecule has 0 aliphatic heterocycles. The molecule has 0 aliphatic carbocycles. The van der Waals surface area contributed by atoms with Gasteiger partial charge in [0.15, 0.2) is 0 Å². The summed E-state index contributed by atoms with van der Waals surface area (Å²) in [5.41, 5.74) is 0. The van der Waals surface area contributed by atoms with Gasteiger partial charge < -0.3 is 31.9 Å². The summed E-state index contributed by atoms with van der Waals surface area (Å²) in [6.45, 7) is 0. The molecule has 0 aromatic heterocycles. The predicted octanol–water partition coefficient (Wildman–Crippen LogP) is -6.68. The topological polar surface area (TPSA) is 97.7 Å². The van der Waals surface area contributed by atoms with Crippen LogP contribution in [0.4, 0.5) is 0 Å². The Morgan fingerprint density at radius 2 is 1.00 bits per heavy atom. The molecule has 0 bridgehead atoms. The molecule has 0 amide bonds. The van der Waals surface area contributed by atoms with E-state index in [9.17, 15) is 0 Å². The molecule has 7 heavy (non-hydrogen) atoms. The van der Waals surface area contributed by atoms with Crippen LogP contribution in [0.15, 0.2) is 0 Å². The minimum absolute atomic E-state index is 0. The van der Waals surface area contributed by atoms with Crippen molar-refractivity contribution in [1.82, 2.24) is 0 Å². The fraction of sp³-hybridized carbons (Fsp3) is 0. The first kappa shape index (κ1) is 24.2. The monoisotopic (exact) mass is 315 g/mol. The van der Waals surface area contributed by atoms with Crippen LogP contribution < -0.4 is 26.4 Å². The molecular formula is Cl2O4Ta-4. The molecule has 0 rings (SSSR count). The summed E-state index contributed by atoms with van der Waals surface area (Å²) in [6.07, 6.45) is 0. The Morgan fingerprint density at radius 1 is 1.00 bits per heavy atom. The Labute approximate surface area is 65.2 Å². The molecule has 1 radical (unpaired) electrons. The molecule has 0 unspecified atom stereocenters. The van der Waals surface area contributed by atoms with Crippen LogP contribution in [0, 0.1) is 10.8 Å². The van der Waals surface area contributed by atoms with Gasteiger partial charge in [0, 0.05) is 22.4 Å². The zero-order chi connectivity index (χ0) is 3.58. The van der Waals surface area contributed by atoms with E-state index in [1.54, 1.807) is 0 Å². The molecule has 0 N–H and O–H groups in total. The van der Waals surface area contributed by atoms with E-state index in [1.165, 1.54) is 0 Å². The SMILES string of the molecule is [Cl-].[O-2].[O-][Cl+2]([O-])[O-].[Ta]. The van der Waals surface area contributed by atoms with E-state index in [0.29, 0.717) is 0 Å². The van der Waals surface area contributed by atoms with Gasteiger partial charge >= 0.3 is 0 Å². The van der Waals surface area contributed by atoms with Gasteiger partial charge in [-0.3, -0.25) is 0 Å². The molecule has 0 aromatic carbocycles. The Hall–Kier alpha value is 1.16. The van der Waals surface area contributed by atoms with Crippen molar-refractivity contribution in [2.24, 2.45) is 0 Å². The van der Waals surface area contributed by atoms with Crippen LogP contribution in [0.5, 0.6) is 0 Å². The van der Waals surface area contributed by atoms with Crippen molar-refractivity contribution in [2.45, 2.75) is 0 Å². The van der Waals surface area contributed by atoms with Gasteiger partial charge in [-0.05, 0) is 0 Å². The molecule has 0 aliphatic rings. The summed E-state index contributed by atoms with van der Waals surface area (Å²) in [7, 11) is -2.85. The summed E-state index contributed by atoms with van der Waals surface area (Å²) in [4.78, 5) is 0. The summed E-state index contributed by atoms with van der Waals surface area (Å²) in [5.74, 6) is 0. The Balaban J connectivity index is -0.0000000150. The fourth-order valence-corrected chi connectivity index (χ4v) is 0. The molecule has 0 saturated heterocycles. The van der Waals surface area contributed by atoms with Crippen LogP contribution in [-0.2, 0) is 27.9 Å². The number of halogens is 2. The maximum absolute atomic E-state index is 8.41. The zero-order valence-corrected chi connectivity index (χ0v) is 7.56. The van der Waals surface area contributed by atoms with Crippen LogP contribution in [0.3, 0.4) is 0 Å². The summed E-state index contributed by atoms with van der Waals surface area (Å²) < 4.78 is 25.2. The molecule has 0 saturated carbocycles. The van der Waals surface area contributed by atoms with E-state index in [-0.39, 0.29) is 40.3 Å². The first-order valence-corrected chi connectivity index (χ1v) is 1.39. The Kier molecular flexibility index (Phi) is 54.2. The first-order valence-electron chi connectivity index (χ1n) is 0.463.